The third-order valence-electron chi connectivity index (χ3n) is 3.11. The standard InChI is InChI=1S/C17H16Cl2N2O3/c1-11(17(22)21-15-9-13(18)7-8-14(15)19)24-20-10-12-5-3-4-6-16(12)23-2/h3-11H,1-2H3,(H,21,22)/b20-10-/t11-/m0/s1. The van der Waals surface area contributed by atoms with Gasteiger partial charge in [0.2, 0.25) is 6.10 Å². The minimum Gasteiger partial charge on any atom is -0.496 e. The predicted octanol–water partition coefficient (Wildman–Crippen LogP) is 4.38. The SMILES string of the molecule is COc1ccccc1/C=N\O[C@@H](C)C(=O)Nc1cc(Cl)ccc1Cl. The second-order valence-electron chi connectivity index (χ2n) is 4.84. The summed E-state index contributed by atoms with van der Waals surface area (Å²) in [5, 5.41) is 7.33. The number of anilines is 1. The number of rotatable bonds is 6. The Hall–Kier alpha value is -2.24. The number of hydrogen-bond acceptors (Lipinski definition) is 4. The molecule has 1 N–H and O–H groups in total. The van der Waals surface area contributed by atoms with E-state index >= 15 is 0 Å². The molecule has 0 aromatic heterocycles. The Bertz CT molecular complexity index is 750. The number of halogens is 2. The molecular formula is C17H16Cl2N2O3. The summed E-state index contributed by atoms with van der Waals surface area (Å²) in [7, 11) is 1.57. The Morgan fingerprint density at radius 3 is 2.75 bits per heavy atom. The van der Waals surface area contributed by atoms with Crippen LogP contribution in [0.5, 0.6) is 5.75 Å². The molecule has 24 heavy (non-hydrogen) atoms. The van der Waals surface area contributed by atoms with Crippen molar-refractivity contribution in [3.63, 3.8) is 0 Å². The molecule has 0 fully saturated rings. The van der Waals surface area contributed by atoms with Gasteiger partial charge in [0.05, 0.1) is 24.0 Å². The Balaban J connectivity index is 1.96. The van der Waals surface area contributed by atoms with Gasteiger partial charge in [0.15, 0.2) is 0 Å². The van der Waals surface area contributed by atoms with Crippen LogP contribution in [0, 0.1) is 0 Å². The highest BCUT2D eigenvalue weighted by molar-refractivity contribution is 6.35. The fourth-order valence-corrected chi connectivity index (χ4v) is 2.16. The maximum absolute atomic E-state index is 12.1. The number of benzene rings is 2. The molecule has 0 radical (unpaired) electrons. The van der Waals surface area contributed by atoms with Crippen LogP contribution in [-0.2, 0) is 9.63 Å². The lowest BCUT2D eigenvalue weighted by molar-refractivity contribution is -0.126. The Morgan fingerprint density at radius 2 is 2.00 bits per heavy atom. The van der Waals surface area contributed by atoms with Crippen molar-refractivity contribution in [2.75, 3.05) is 12.4 Å². The summed E-state index contributed by atoms with van der Waals surface area (Å²) >= 11 is 11.9. The molecule has 0 saturated heterocycles. The van der Waals surface area contributed by atoms with E-state index in [1.807, 2.05) is 18.2 Å². The Labute approximate surface area is 150 Å². The minimum absolute atomic E-state index is 0.387. The molecule has 0 heterocycles. The van der Waals surface area contributed by atoms with Gasteiger partial charge >= 0.3 is 0 Å². The van der Waals surface area contributed by atoms with Crippen LogP contribution in [0.1, 0.15) is 12.5 Å². The first-order valence-electron chi connectivity index (χ1n) is 7.09. The molecule has 2 rings (SSSR count). The first-order valence-corrected chi connectivity index (χ1v) is 7.85. The van der Waals surface area contributed by atoms with Crippen molar-refractivity contribution in [1.82, 2.24) is 0 Å². The monoisotopic (exact) mass is 366 g/mol. The molecule has 1 atom stereocenters. The molecule has 2 aromatic carbocycles. The number of amides is 1. The van der Waals surface area contributed by atoms with E-state index in [-0.39, 0.29) is 0 Å². The van der Waals surface area contributed by atoms with E-state index in [4.69, 9.17) is 32.8 Å². The zero-order valence-corrected chi connectivity index (χ0v) is 14.6. The average Bonchev–Trinajstić information content (AvgIpc) is 2.58. The number of ether oxygens (including phenoxy) is 1. The summed E-state index contributed by atoms with van der Waals surface area (Å²) < 4.78 is 5.20. The van der Waals surface area contributed by atoms with Crippen molar-refractivity contribution < 1.29 is 14.4 Å². The average molecular weight is 367 g/mol. The van der Waals surface area contributed by atoms with E-state index in [1.54, 1.807) is 38.3 Å². The van der Waals surface area contributed by atoms with Crippen LogP contribution >= 0.6 is 23.2 Å². The third-order valence-corrected chi connectivity index (χ3v) is 3.67. The van der Waals surface area contributed by atoms with Gasteiger partial charge in [-0.3, -0.25) is 4.79 Å². The molecule has 0 aliphatic rings. The molecular weight excluding hydrogens is 351 g/mol. The van der Waals surface area contributed by atoms with E-state index in [9.17, 15) is 4.79 Å². The van der Waals surface area contributed by atoms with E-state index in [0.717, 1.165) is 5.56 Å². The fraction of sp³-hybridized carbons (Fsp3) is 0.176. The van der Waals surface area contributed by atoms with Gasteiger partial charge in [0, 0.05) is 10.6 Å². The summed E-state index contributed by atoms with van der Waals surface area (Å²) in [6.07, 6.45) is 0.667. The molecule has 2 aromatic rings. The molecule has 1 amide bonds. The fourth-order valence-electron chi connectivity index (χ4n) is 1.83. The largest absolute Gasteiger partial charge is 0.496 e. The molecule has 7 heteroatoms. The number of nitrogens with zero attached hydrogens (tertiary/aromatic N) is 1. The van der Waals surface area contributed by atoms with Gasteiger partial charge in [0.1, 0.15) is 5.75 Å². The lowest BCUT2D eigenvalue weighted by Gasteiger charge is -2.12. The smallest absolute Gasteiger partial charge is 0.268 e. The van der Waals surface area contributed by atoms with Crippen LogP contribution in [0.4, 0.5) is 5.69 Å². The lowest BCUT2D eigenvalue weighted by Crippen LogP contribution is -2.26. The van der Waals surface area contributed by atoms with Crippen molar-refractivity contribution in [3.05, 3.63) is 58.1 Å². The summed E-state index contributed by atoms with van der Waals surface area (Å²) in [4.78, 5) is 17.3. The number of hydrogen-bond donors (Lipinski definition) is 1. The molecule has 0 saturated carbocycles. The highest BCUT2D eigenvalue weighted by Crippen LogP contribution is 2.25. The normalized spacial score (nSPS) is 12.0. The Morgan fingerprint density at radius 1 is 1.25 bits per heavy atom. The maximum atomic E-state index is 12.1. The zero-order valence-electron chi connectivity index (χ0n) is 13.1. The maximum Gasteiger partial charge on any atom is 0.268 e. The van der Waals surface area contributed by atoms with E-state index in [1.165, 1.54) is 6.21 Å². The van der Waals surface area contributed by atoms with Gasteiger partial charge in [-0.05, 0) is 37.3 Å². The van der Waals surface area contributed by atoms with Gasteiger partial charge < -0.3 is 14.9 Å². The number of oxime groups is 1. The van der Waals surface area contributed by atoms with Crippen molar-refractivity contribution in [2.24, 2.45) is 5.16 Å². The van der Waals surface area contributed by atoms with Crippen LogP contribution < -0.4 is 10.1 Å². The van der Waals surface area contributed by atoms with Crippen LogP contribution in [-0.4, -0.2) is 25.3 Å². The van der Waals surface area contributed by atoms with Crippen LogP contribution in [0.2, 0.25) is 10.0 Å². The molecule has 0 aliphatic carbocycles. The molecule has 5 nitrogen and oxygen atoms in total. The highest BCUT2D eigenvalue weighted by atomic mass is 35.5. The minimum atomic E-state index is -0.814. The topological polar surface area (TPSA) is 59.9 Å². The molecule has 0 unspecified atom stereocenters. The summed E-state index contributed by atoms with van der Waals surface area (Å²) in [6.45, 7) is 1.58. The van der Waals surface area contributed by atoms with Crippen molar-refractivity contribution in [1.29, 1.82) is 0 Å². The van der Waals surface area contributed by atoms with Crippen LogP contribution in [0.25, 0.3) is 0 Å². The van der Waals surface area contributed by atoms with E-state index in [0.29, 0.717) is 21.5 Å². The summed E-state index contributed by atoms with van der Waals surface area (Å²) in [5.41, 5.74) is 1.16. The first-order chi connectivity index (χ1) is 11.5. The first kappa shape index (κ1) is 18.1. The number of methoxy groups -OCH3 is 1. The number of carbonyl (C=O) groups is 1. The van der Waals surface area contributed by atoms with E-state index < -0.39 is 12.0 Å². The van der Waals surface area contributed by atoms with Gasteiger partial charge in [-0.1, -0.05) is 40.5 Å². The number of carbonyl (C=O) groups excluding carboxylic acids is 1. The quantitative estimate of drug-likeness (QED) is 0.609. The number of para-hydroxylation sites is 1. The van der Waals surface area contributed by atoms with Gasteiger partial charge in [-0.25, -0.2) is 0 Å². The number of nitrogens with one attached hydrogen (secondary N) is 1. The van der Waals surface area contributed by atoms with Gasteiger partial charge in [-0.15, -0.1) is 0 Å². The van der Waals surface area contributed by atoms with Crippen molar-refractivity contribution >= 4 is 41.0 Å². The summed E-state index contributed by atoms with van der Waals surface area (Å²) in [5.74, 6) is 0.268. The summed E-state index contributed by atoms with van der Waals surface area (Å²) in [6, 6.07) is 12.1. The highest BCUT2D eigenvalue weighted by Gasteiger charge is 2.15. The van der Waals surface area contributed by atoms with Gasteiger partial charge in [-0.2, -0.15) is 0 Å². The van der Waals surface area contributed by atoms with Crippen molar-refractivity contribution in [2.45, 2.75) is 13.0 Å². The second kappa shape index (κ2) is 8.57. The van der Waals surface area contributed by atoms with Crippen LogP contribution in [0.3, 0.4) is 0 Å². The molecule has 126 valence electrons. The lowest BCUT2D eigenvalue weighted by atomic mass is 10.2. The van der Waals surface area contributed by atoms with Crippen LogP contribution in [0.15, 0.2) is 47.6 Å². The molecule has 0 aliphatic heterocycles. The van der Waals surface area contributed by atoms with E-state index in [2.05, 4.69) is 10.5 Å². The van der Waals surface area contributed by atoms with Gasteiger partial charge in [0.25, 0.3) is 5.91 Å². The van der Waals surface area contributed by atoms with Crippen molar-refractivity contribution in [3.8, 4) is 5.75 Å². The predicted molar refractivity (Wildman–Crippen MR) is 96.2 cm³/mol. The molecule has 0 bridgehead atoms. The Kier molecular flexibility index (Phi) is 6.46. The zero-order chi connectivity index (χ0) is 17.5. The molecule has 0 spiro atoms. The third kappa shape index (κ3) is 4.88. The second-order valence-corrected chi connectivity index (χ2v) is 5.68.